The molecule has 11 heavy (non-hydrogen) atoms. The minimum absolute atomic E-state index is 0.354. The first-order valence-corrected chi connectivity index (χ1v) is 3.37. The molecule has 5 nitrogen and oxygen atoms in total. The van der Waals surface area contributed by atoms with Crippen molar-refractivity contribution in [2.24, 2.45) is 0 Å². The molecular formula is C6H13NO4. The molecule has 0 fully saturated rings. The van der Waals surface area contributed by atoms with Crippen molar-refractivity contribution < 1.29 is 19.7 Å². The first-order chi connectivity index (χ1) is 5.07. The lowest BCUT2D eigenvalue weighted by Crippen LogP contribution is -2.41. The highest BCUT2D eigenvalue weighted by Crippen LogP contribution is 1.93. The summed E-state index contributed by atoms with van der Waals surface area (Å²) in [4.78, 5) is 10.0. The van der Waals surface area contributed by atoms with Crippen molar-refractivity contribution in [2.75, 3.05) is 6.61 Å². The van der Waals surface area contributed by atoms with Crippen LogP contribution in [0.1, 0.15) is 13.8 Å². The Morgan fingerprint density at radius 1 is 1.73 bits per heavy atom. The summed E-state index contributed by atoms with van der Waals surface area (Å²) in [6.07, 6.45) is -2.24. The molecule has 2 unspecified atom stereocenters. The van der Waals surface area contributed by atoms with E-state index in [0.717, 1.165) is 0 Å². The first kappa shape index (κ1) is 10.2. The van der Waals surface area contributed by atoms with Gasteiger partial charge >= 0.3 is 6.09 Å². The standard InChI is InChI=1S/C6H13NO4/c1-3-11-5(8)4(2)7-6(9)10/h4-5,7-8H,3H2,1-2H3,(H,9,10). The Balaban J connectivity index is 3.63. The predicted octanol–water partition coefficient (Wildman–Crippen LogP) is -0.00260. The van der Waals surface area contributed by atoms with Crippen LogP contribution in [0.15, 0.2) is 0 Å². The van der Waals surface area contributed by atoms with Crippen molar-refractivity contribution in [1.29, 1.82) is 0 Å². The van der Waals surface area contributed by atoms with Gasteiger partial charge < -0.3 is 20.3 Å². The fourth-order valence-corrected chi connectivity index (χ4v) is 0.581. The van der Waals surface area contributed by atoms with Crippen LogP contribution in [0, 0.1) is 0 Å². The average Bonchev–Trinajstić information content (AvgIpc) is 1.86. The summed E-state index contributed by atoms with van der Waals surface area (Å²) in [6.45, 7) is 3.60. The summed E-state index contributed by atoms with van der Waals surface area (Å²) in [5.41, 5.74) is 0. The molecule has 0 heterocycles. The highest BCUT2D eigenvalue weighted by atomic mass is 16.6. The van der Waals surface area contributed by atoms with Crippen LogP contribution in [-0.4, -0.2) is 35.2 Å². The molecule has 0 radical (unpaired) electrons. The van der Waals surface area contributed by atoms with E-state index < -0.39 is 18.4 Å². The third-order valence-electron chi connectivity index (χ3n) is 1.12. The molecule has 1 amide bonds. The predicted molar refractivity (Wildman–Crippen MR) is 38.3 cm³/mol. The van der Waals surface area contributed by atoms with E-state index in [-0.39, 0.29) is 0 Å². The van der Waals surface area contributed by atoms with Crippen LogP contribution in [-0.2, 0) is 4.74 Å². The number of carboxylic acid groups (broad SMARTS) is 1. The number of aliphatic hydroxyl groups excluding tert-OH is 1. The third kappa shape index (κ3) is 4.58. The van der Waals surface area contributed by atoms with Crippen molar-refractivity contribution in [3.05, 3.63) is 0 Å². The Morgan fingerprint density at radius 2 is 2.27 bits per heavy atom. The number of ether oxygens (including phenoxy) is 1. The lowest BCUT2D eigenvalue weighted by Gasteiger charge is -2.17. The molecule has 0 aliphatic rings. The molecule has 0 aliphatic carbocycles. The van der Waals surface area contributed by atoms with E-state index in [0.29, 0.717) is 6.61 Å². The maximum Gasteiger partial charge on any atom is 0.405 e. The average molecular weight is 163 g/mol. The van der Waals surface area contributed by atoms with E-state index >= 15 is 0 Å². The van der Waals surface area contributed by atoms with Crippen LogP contribution in [0.5, 0.6) is 0 Å². The minimum Gasteiger partial charge on any atom is -0.465 e. The van der Waals surface area contributed by atoms with E-state index in [1.807, 2.05) is 0 Å². The first-order valence-electron chi connectivity index (χ1n) is 3.37. The van der Waals surface area contributed by atoms with E-state index in [9.17, 15) is 4.79 Å². The Hall–Kier alpha value is -0.810. The van der Waals surface area contributed by atoms with Gasteiger partial charge in [0.1, 0.15) is 0 Å². The molecule has 0 aromatic heterocycles. The van der Waals surface area contributed by atoms with E-state index in [1.54, 1.807) is 6.92 Å². The fourth-order valence-electron chi connectivity index (χ4n) is 0.581. The normalized spacial score (nSPS) is 15.5. The molecule has 0 rings (SSSR count). The van der Waals surface area contributed by atoms with Gasteiger partial charge in [0.2, 0.25) is 0 Å². The Kier molecular flexibility index (Phi) is 4.56. The zero-order valence-electron chi connectivity index (χ0n) is 6.57. The van der Waals surface area contributed by atoms with Gasteiger partial charge in [-0.15, -0.1) is 0 Å². The summed E-state index contributed by atoms with van der Waals surface area (Å²) < 4.78 is 4.73. The topological polar surface area (TPSA) is 78.8 Å². The lowest BCUT2D eigenvalue weighted by atomic mass is 10.3. The van der Waals surface area contributed by atoms with Crippen molar-refractivity contribution in [1.82, 2.24) is 5.32 Å². The largest absolute Gasteiger partial charge is 0.465 e. The van der Waals surface area contributed by atoms with Gasteiger partial charge in [-0.05, 0) is 13.8 Å². The number of hydrogen-bond acceptors (Lipinski definition) is 3. The van der Waals surface area contributed by atoms with E-state index in [2.05, 4.69) is 5.32 Å². The van der Waals surface area contributed by atoms with Gasteiger partial charge in [-0.1, -0.05) is 0 Å². The van der Waals surface area contributed by atoms with Crippen LogP contribution in [0.4, 0.5) is 4.79 Å². The van der Waals surface area contributed by atoms with E-state index in [4.69, 9.17) is 14.9 Å². The zero-order chi connectivity index (χ0) is 8.85. The smallest absolute Gasteiger partial charge is 0.405 e. The second-order valence-corrected chi connectivity index (χ2v) is 2.08. The second-order valence-electron chi connectivity index (χ2n) is 2.08. The highest BCUT2D eigenvalue weighted by Gasteiger charge is 2.15. The molecule has 0 bridgehead atoms. The number of amides is 1. The van der Waals surface area contributed by atoms with Gasteiger partial charge in [0, 0.05) is 6.61 Å². The van der Waals surface area contributed by atoms with Crippen LogP contribution < -0.4 is 5.32 Å². The number of nitrogens with one attached hydrogen (secondary N) is 1. The van der Waals surface area contributed by atoms with Crippen molar-refractivity contribution in [2.45, 2.75) is 26.2 Å². The van der Waals surface area contributed by atoms with Crippen LogP contribution in [0.3, 0.4) is 0 Å². The van der Waals surface area contributed by atoms with Gasteiger partial charge in [-0.2, -0.15) is 0 Å². The van der Waals surface area contributed by atoms with Crippen molar-refractivity contribution in [3.8, 4) is 0 Å². The number of aliphatic hydroxyl groups is 1. The monoisotopic (exact) mass is 163 g/mol. The molecule has 0 spiro atoms. The minimum atomic E-state index is -1.17. The third-order valence-corrected chi connectivity index (χ3v) is 1.12. The number of hydrogen-bond donors (Lipinski definition) is 3. The Labute approximate surface area is 65.0 Å². The second kappa shape index (κ2) is 4.92. The van der Waals surface area contributed by atoms with Crippen LogP contribution >= 0.6 is 0 Å². The SMILES string of the molecule is CCOC(O)C(C)NC(=O)O. The quantitative estimate of drug-likeness (QED) is 0.509. The summed E-state index contributed by atoms with van der Waals surface area (Å²) >= 11 is 0. The van der Waals surface area contributed by atoms with Gasteiger partial charge in [0.25, 0.3) is 0 Å². The van der Waals surface area contributed by atoms with Crippen LogP contribution in [0.2, 0.25) is 0 Å². The number of rotatable bonds is 4. The molecule has 0 saturated carbocycles. The summed E-state index contributed by atoms with van der Waals surface area (Å²) in [6, 6.07) is -0.604. The molecule has 3 N–H and O–H groups in total. The highest BCUT2D eigenvalue weighted by molar-refractivity contribution is 5.64. The van der Waals surface area contributed by atoms with Crippen molar-refractivity contribution >= 4 is 6.09 Å². The van der Waals surface area contributed by atoms with Gasteiger partial charge in [0.05, 0.1) is 6.04 Å². The lowest BCUT2D eigenvalue weighted by molar-refractivity contribution is -0.111. The summed E-state index contributed by atoms with van der Waals surface area (Å²) in [5.74, 6) is 0. The molecular weight excluding hydrogens is 150 g/mol. The fraction of sp³-hybridized carbons (Fsp3) is 0.833. The van der Waals surface area contributed by atoms with Gasteiger partial charge in [0.15, 0.2) is 6.29 Å². The maximum atomic E-state index is 10.0. The van der Waals surface area contributed by atoms with Gasteiger partial charge in [-0.25, -0.2) is 4.79 Å². The maximum absolute atomic E-state index is 10.0. The van der Waals surface area contributed by atoms with Crippen LogP contribution in [0.25, 0.3) is 0 Å². The van der Waals surface area contributed by atoms with Gasteiger partial charge in [-0.3, -0.25) is 0 Å². The molecule has 66 valence electrons. The molecule has 0 aromatic rings. The Bertz CT molecular complexity index is 128. The number of carbonyl (C=O) groups is 1. The van der Waals surface area contributed by atoms with Crippen molar-refractivity contribution in [3.63, 3.8) is 0 Å². The Morgan fingerprint density at radius 3 is 2.64 bits per heavy atom. The molecule has 0 aliphatic heterocycles. The molecule has 0 aromatic carbocycles. The zero-order valence-corrected chi connectivity index (χ0v) is 6.57. The summed E-state index contributed by atoms with van der Waals surface area (Å²) in [7, 11) is 0. The summed E-state index contributed by atoms with van der Waals surface area (Å²) in [5, 5.41) is 19.3. The molecule has 0 saturated heterocycles. The molecule has 5 heteroatoms. The van der Waals surface area contributed by atoms with E-state index in [1.165, 1.54) is 6.92 Å². The molecule has 2 atom stereocenters.